The van der Waals surface area contributed by atoms with E-state index in [-0.39, 0.29) is 5.41 Å². The molecule has 2 heteroatoms. The summed E-state index contributed by atoms with van der Waals surface area (Å²) >= 11 is 0. The summed E-state index contributed by atoms with van der Waals surface area (Å²) in [4.78, 5) is 7.60. The SMILES string of the molecule is [CH2][C@](CCc1cccc2ccccc12)(c1ccccc1)c1c[nH]cn1. The van der Waals surface area contributed by atoms with E-state index in [2.05, 4.69) is 83.6 Å². The Kier molecular flexibility index (Phi) is 4.10. The normalized spacial score (nSPS) is 13.6. The molecule has 1 radical (unpaired) electrons. The number of aryl methyl sites for hydroxylation is 1. The highest BCUT2D eigenvalue weighted by atomic mass is 14.9. The van der Waals surface area contributed by atoms with E-state index in [1.807, 2.05) is 12.3 Å². The lowest BCUT2D eigenvalue weighted by Crippen LogP contribution is -2.25. The van der Waals surface area contributed by atoms with E-state index in [0.29, 0.717) is 0 Å². The van der Waals surface area contributed by atoms with Gasteiger partial charge < -0.3 is 4.98 Å². The molecule has 0 aliphatic heterocycles. The third kappa shape index (κ3) is 2.96. The Hall–Kier alpha value is -2.87. The molecule has 25 heavy (non-hydrogen) atoms. The molecule has 0 aliphatic rings. The van der Waals surface area contributed by atoms with Crippen molar-refractivity contribution >= 4 is 10.8 Å². The molecule has 0 aliphatic carbocycles. The minimum absolute atomic E-state index is 0.363. The molecule has 1 atom stereocenters. The predicted molar refractivity (Wildman–Crippen MR) is 103 cm³/mol. The van der Waals surface area contributed by atoms with Crippen molar-refractivity contribution in [1.82, 2.24) is 9.97 Å². The number of hydrogen-bond acceptors (Lipinski definition) is 1. The van der Waals surface area contributed by atoms with Crippen molar-refractivity contribution in [2.75, 3.05) is 0 Å². The standard InChI is InChI=1S/C23H21N2/c1-23(22-16-24-17-25-22,20-11-3-2-4-12-20)15-14-19-10-7-9-18-8-5-6-13-21(18)19/h2-13,16-17H,1,14-15H2,(H,24,25)/t23-/m0/s1. The molecular weight excluding hydrogens is 304 g/mol. The van der Waals surface area contributed by atoms with E-state index < -0.39 is 0 Å². The van der Waals surface area contributed by atoms with Crippen LogP contribution in [-0.2, 0) is 11.8 Å². The highest BCUT2D eigenvalue weighted by molar-refractivity contribution is 5.85. The van der Waals surface area contributed by atoms with Gasteiger partial charge in [-0.1, -0.05) is 72.8 Å². The highest BCUT2D eigenvalue weighted by Crippen LogP contribution is 2.35. The molecule has 0 amide bonds. The van der Waals surface area contributed by atoms with Crippen LogP contribution in [0.15, 0.2) is 85.3 Å². The Bertz CT molecular complexity index is 952. The van der Waals surface area contributed by atoms with E-state index in [4.69, 9.17) is 0 Å². The Morgan fingerprint density at radius 1 is 0.880 bits per heavy atom. The molecule has 0 saturated heterocycles. The fourth-order valence-electron chi connectivity index (χ4n) is 3.56. The monoisotopic (exact) mass is 325 g/mol. The van der Waals surface area contributed by atoms with Crippen LogP contribution < -0.4 is 0 Å². The Morgan fingerprint density at radius 2 is 1.64 bits per heavy atom. The van der Waals surface area contributed by atoms with Crippen LogP contribution in [0.3, 0.4) is 0 Å². The number of nitrogens with one attached hydrogen (secondary N) is 1. The van der Waals surface area contributed by atoms with Crippen molar-refractivity contribution in [3.05, 3.63) is 109 Å². The van der Waals surface area contributed by atoms with Crippen LogP contribution in [0.2, 0.25) is 0 Å². The fourth-order valence-corrected chi connectivity index (χ4v) is 3.56. The Labute approximate surface area is 148 Å². The average Bonchev–Trinajstić information content (AvgIpc) is 3.22. The van der Waals surface area contributed by atoms with Crippen molar-refractivity contribution in [2.45, 2.75) is 18.3 Å². The third-order valence-electron chi connectivity index (χ3n) is 5.02. The number of hydrogen-bond donors (Lipinski definition) is 1. The second kappa shape index (κ2) is 6.56. The van der Waals surface area contributed by atoms with Crippen molar-refractivity contribution in [1.29, 1.82) is 0 Å². The summed E-state index contributed by atoms with van der Waals surface area (Å²) in [5, 5.41) is 2.61. The van der Waals surface area contributed by atoms with Crippen molar-refractivity contribution in [3.63, 3.8) is 0 Å². The van der Waals surface area contributed by atoms with E-state index >= 15 is 0 Å². The van der Waals surface area contributed by atoms with Crippen LogP contribution in [0, 0.1) is 6.92 Å². The molecule has 0 bridgehead atoms. The molecule has 1 heterocycles. The third-order valence-corrected chi connectivity index (χ3v) is 5.02. The number of aromatic nitrogens is 2. The Morgan fingerprint density at radius 3 is 2.44 bits per heavy atom. The van der Waals surface area contributed by atoms with E-state index in [9.17, 15) is 0 Å². The van der Waals surface area contributed by atoms with Crippen LogP contribution in [-0.4, -0.2) is 9.97 Å². The number of rotatable bonds is 5. The number of fused-ring (bicyclic) bond motifs is 1. The van der Waals surface area contributed by atoms with Crippen LogP contribution in [0.1, 0.15) is 23.2 Å². The van der Waals surface area contributed by atoms with Crippen LogP contribution in [0.25, 0.3) is 10.8 Å². The summed E-state index contributed by atoms with van der Waals surface area (Å²) in [6.07, 6.45) is 5.54. The highest BCUT2D eigenvalue weighted by Gasteiger charge is 2.30. The second-order valence-electron chi connectivity index (χ2n) is 6.54. The quantitative estimate of drug-likeness (QED) is 0.529. The summed E-state index contributed by atoms with van der Waals surface area (Å²) in [6.45, 7) is 4.59. The smallest absolute Gasteiger partial charge is 0.0923 e. The molecule has 0 fully saturated rings. The predicted octanol–water partition coefficient (Wildman–Crippen LogP) is 5.32. The summed E-state index contributed by atoms with van der Waals surface area (Å²) in [5.41, 5.74) is 3.18. The van der Waals surface area contributed by atoms with E-state index in [1.54, 1.807) is 6.33 Å². The first-order valence-corrected chi connectivity index (χ1v) is 8.64. The van der Waals surface area contributed by atoms with Gasteiger partial charge in [0.15, 0.2) is 0 Å². The molecular formula is C23H21N2. The van der Waals surface area contributed by atoms with Gasteiger partial charge in [0.25, 0.3) is 0 Å². The average molecular weight is 325 g/mol. The molecule has 4 rings (SSSR count). The zero-order valence-electron chi connectivity index (χ0n) is 14.2. The first kappa shape index (κ1) is 15.6. The number of H-pyrrole nitrogens is 1. The molecule has 0 saturated carbocycles. The maximum absolute atomic E-state index is 4.59. The zero-order valence-corrected chi connectivity index (χ0v) is 14.2. The number of benzene rings is 3. The van der Waals surface area contributed by atoms with Crippen molar-refractivity contribution in [3.8, 4) is 0 Å². The maximum atomic E-state index is 4.59. The van der Waals surface area contributed by atoms with Crippen LogP contribution in [0.4, 0.5) is 0 Å². The summed E-state index contributed by atoms with van der Waals surface area (Å²) < 4.78 is 0. The van der Waals surface area contributed by atoms with Crippen LogP contribution in [0.5, 0.6) is 0 Å². The minimum atomic E-state index is -0.363. The Balaban J connectivity index is 1.70. The summed E-state index contributed by atoms with van der Waals surface area (Å²) in [7, 11) is 0. The molecule has 0 spiro atoms. The molecule has 3 aromatic carbocycles. The maximum Gasteiger partial charge on any atom is 0.0923 e. The number of aromatic amines is 1. The van der Waals surface area contributed by atoms with Gasteiger partial charge in [0.1, 0.15) is 0 Å². The fraction of sp³-hybridized carbons (Fsp3) is 0.130. The lowest BCUT2D eigenvalue weighted by Gasteiger charge is -2.28. The molecule has 0 unspecified atom stereocenters. The lowest BCUT2D eigenvalue weighted by atomic mass is 9.75. The summed E-state index contributed by atoms with van der Waals surface area (Å²) in [6, 6.07) is 25.6. The van der Waals surface area contributed by atoms with Gasteiger partial charge >= 0.3 is 0 Å². The van der Waals surface area contributed by atoms with Gasteiger partial charge in [-0.3, -0.25) is 0 Å². The van der Waals surface area contributed by atoms with Gasteiger partial charge in [0.05, 0.1) is 12.0 Å². The largest absolute Gasteiger partial charge is 0.351 e. The number of nitrogens with zero attached hydrogens (tertiary/aromatic N) is 1. The van der Waals surface area contributed by atoms with E-state index in [1.165, 1.54) is 21.9 Å². The van der Waals surface area contributed by atoms with Gasteiger partial charge in [-0.2, -0.15) is 0 Å². The van der Waals surface area contributed by atoms with Crippen molar-refractivity contribution in [2.24, 2.45) is 0 Å². The zero-order chi connectivity index (χ0) is 17.1. The van der Waals surface area contributed by atoms with Crippen molar-refractivity contribution < 1.29 is 0 Å². The minimum Gasteiger partial charge on any atom is -0.351 e. The van der Waals surface area contributed by atoms with Gasteiger partial charge in [-0.15, -0.1) is 0 Å². The lowest BCUT2D eigenvalue weighted by molar-refractivity contribution is 0.563. The number of imidazole rings is 1. The van der Waals surface area contributed by atoms with Gasteiger partial charge in [0, 0.05) is 11.6 Å². The van der Waals surface area contributed by atoms with Crippen LogP contribution >= 0.6 is 0 Å². The topological polar surface area (TPSA) is 28.7 Å². The van der Waals surface area contributed by atoms with E-state index in [0.717, 1.165) is 18.5 Å². The molecule has 1 aromatic heterocycles. The van der Waals surface area contributed by atoms with Gasteiger partial charge in [0.2, 0.25) is 0 Å². The molecule has 123 valence electrons. The molecule has 1 N–H and O–H groups in total. The molecule has 2 nitrogen and oxygen atoms in total. The first-order valence-electron chi connectivity index (χ1n) is 8.64. The first-order chi connectivity index (χ1) is 12.3. The van der Waals surface area contributed by atoms with Gasteiger partial charge in [-0.05, 0) is 41.7 Å². The molecule has 4 aromatic rings. The second-order valence-corrected chi connectivity index (χ2v) is 6.54. The summed E-state index contributed by atoms with van der Waals surface area (Å²) in [5.74, 6) is 0. The van der Waals surface area contributed by atoms with Gasteiger partial charge in [-0.25, -0.2) is 4.98 Å².